The van der Waals surface area contributed by atoms with Gasteiger partial charge in [-0.3, -0.25) is 14.9 Å². The van der Waals surface area contributed by atoms with Crippen LogP contribution >= 0.6 is 0 Å². The van der Waals surface area contributed by atoms with Crippen molar-refractivity contribution in [3.05, 3.63) is 39.4 Å². The molecule has 23 heavy (non-hydrogen) atoms. The van der Waals surface area contributed by atoms with Gasteiger partial charge in [-0.15, -0.1) is 0 Å². The summed E-state index contributed by atoms with van der Waals surface area (Å²) in [5.41, 5.74) is 0.558. The van der Waals surface area contributed by atoms with Crippen molar-refractivity contribution in [2.75, 3.05) is 13.1 Å². The monoisotopic (exact) mass is 320 g/mol. The fraction of sp³-hybridized carbons (Fsp3) is 0.588. The van der Waals surface area contributed by atoms with Crippen molar-refractivity contribution in [2.45, 2.75) is 45.6 Å². The van der Waals surface area contributed by atoms with Gasteiger partial charge in [0.2, 0.25) is 0 Å². The Bertz CT molecular complexity index is 620. The molecule has 1 aliphatic rings. The molecule has 0 aliphatic carbocycles. The normalized spacial score (nSPS) is 19.7. The SMILES string of the molecule is CC(O)C1CCN(C(=O)c2ccc(C(C)(C)C)c([N+](=O)[O-])c2)C1. The van der Waals surface area contributed by atoms with Crippen molar-refractivity contribution in [2.24, 2.45) is 5.92 Å². The summed E-state index contributed by atoms with van der Waals surface area (Å²) in [6.07, 6.45) is 0.302. The summed E-state index contributed by atoms with van der Waals surface area (Å²) in [5.74, 6) is -0.139. The van der Waals surface area contributed by atoms with E-state index in [9.17, 15) is 20.0 Å². The van der Waals surface area contributed by atoms with Gasteiger partial charge in [-0.25, -0.2) is 0 Å². The van der Waals surface area contributed by atoms with E-state index in [1.165, 1.54) is 6.07 Å². The lowest BCUT2D eigenvalue weighted by Crippen LogP contribution is -2.30. The molecule has 0 radical (unpaired) electrons. The van der Waals surface area contributed by atoms with Crippen molar-refractivity contribution in [3.8, 4) is 0 Å². The summed E-state index contributed by atoms with van der Waals surface area (Å²) in [6, 6.07) is 4.71. The van der Waals surface area contributed by atoms with E-state index in [-0.39, 0.29) is 22.9 Å². The van der Waals surface area contributed by atoms with Crippen molar-refractivity contribution in [1.29, 1.82) is 0 Å². The van der Waals surface area contributed by atoms with Gasteiger partial charge in [-0.1, -0.05) is 26.8 Å². The summed E-state index contributed by atoms with van der Waals surface area (Å²) in [4.78, 5) is 25.2. The van der Waals surface area contributed by atoms with E-state index in [1.54, 1.807) is 24.0 Å². The van der Waals surface area contributed by atoms with Gasteiger partial charge in [0.25, 0.3) is 11.6 Å². The first-order valence-electron chi connectivity index (χ1n) is 7.87. The fourth-order valence-electron chi connectivity index (χ4n) is 3.00. The van der Waals surface area contributed by atoms with Crippen LogP contribution in [0.2, 0.25) is 0 Å². The number of amides is 1. The molecular weight excluding hydrogens is 296 g/mol. The third-order valence-corrected chi connectivity index (χ3v) is 4.44. The van der Waals surface area contributed by atoms with E-state index < -0.39 is 11.0 Å². The molecule has 1 aromatic rings. The summed E-state index contributed by atoms with van der Waals surface area (Å²) in [6.45, 7) is 8.51. The standard InChI is InChI=1S/C17H24N2O4/c1-11(20)13-7-8-18(10-13)16(21)12-5-6-14(17(2,3)4)15(9-12)19(22)23/h5-6,9,11,13,20H,7-8,10H2,1-4H3. The number of rotatable bonds is 3. The number of aliphatic hydroxyl groups excluding tert-OH is 1. The van der Waals surface area contributed by atoms with E-state index in [4.69, 9.17) is 0 Å². The van der Waals surface area contributed by atoms with Crippen LogP contribution in [-0.2, 0) is 5.41 Å². The Morgan fingerprint density at radius 1 is 1.43 bits per heavy atom. The summed E-state index contributed by atoms with van der Waals surface area (Å²) in [7, 11) is 0. The largest absolute Gasteiger partial charge is 0.393 e. The third kappa shape index (κ3) is 3.69. The average Bonchev–Trinajstić information content (AvgIpc) is 2.94. The van der Waals surface area contributed by atoms with Gasteiger partial charge in [0.15, 0.2) is 0 Å². The molecule has 6 nitrogen and oxygen atoms in total. The number of nitro benzene ring substituents is 1. The summed E-state index contributed by atoms with van der Waals surface area (Å²) >= 11 is 0. The van der Waals surface area contributed by atoms with Crippen LogP contribution in [0.3, 0.4) is 0 Å². The zero-order chi connectivity index (χ0) is 17.4. The van der Waals surface area contributed by atoms with Crippen LogP contribution in [0.15, 0.2) is 18.2 Å². The molecule has 1 fully saturated rings. The minimum atomic E-state index is -0.453. The number of likely N-dealkylation sites (tertiary alicyclic amines) is 1. The van der Waals surface area contributed by atoms with Crippen molar-refractivity contribution in [3.63, 3.8) is 0 Å². The second kappa shape index (κ2) is 6.28. The van der Waals surface area contributed by atoms with Crippen LogP contribution in [-0.4, -0.2) is 40.0 Å². The molecule has 0 aromatic heterocycles. The minimum Gasteiger partial charge on any atom is -0.393 e. The van der Waals surface area contributed by atoms with Crippen molar-refractivity contribution >= 4 is 11.6 Å². The molecule has 0 bridgehead atoms. The smallest absolute Gasteiger partial charge is 0.273 e. The number of carbonyl (C=O) groups is 1. The first-order chi connectivity index (χ1) is 10.6. The van der Waals surface area contributed by atoms with Crippen LogP contribution in [0.5, 0.6) is 0 Å². The predicted molar refractivity (Wildman–Crippen MR) is 87.5 cm³/mol. The Kier molecular flexibility index (Phi) is 4.75. The molecule has 0 saturated carbocycles. The zero-order valence-corrected chi connectivity index (χ0v) is 14.1. The molecule has 2 atom stereocenters. The Labute approximate surface area is 136 Å². The Morgan fingerprint density at radius 2 is 2.09 bits per heavy atom. The zero-order valence-electron chi connectivity index (χ0n) is 14.1. The van der Waals surface area contributed by atoms with Gasteiger partial charge in [-0.05, 0) is 24.8 Å². The number of hydrogen-bond acceptors (Lipinski definition) is 4. The molecule has 1 saturated heterocycles. The summed E-state index contributed by atoms with van der Waals surface area (Å²) in [5, 5.41) is 21.0. The molecule has 6 heteroatoms. The lowest BCUT2D eigenvalue weighted by Gasteiger charge is -2.21. The highest BCUT2D eigenvalue weighted by molar-refractivity contribution is 5.95. The molecule has 1 N–H and O–H groups in total. The maximum Gasteiger partial charge on any atom is 0.273 e. The molecular formula is C17H24N2O4. The molecule has 1 aliphatic heterocycles. The van der Waals surface area contributed by atoms with Gasteiger partial charge in [0.1, 0.15) is 0 Å². The third-order valence-electron chi connectivity index (χ3n) is 4.44. The van der Waals surface area contributed by atoms with Crippen LogP contribution in [0.25, 0.3) is 0 Å². The number of nitro groups is 1. The fourth-order valence-corrected chi connectivity index (χ4v) is 3.00. The van der Waals surface area contributed by atoms with Gasteiger partial charge in [0.05, 0.1) is 11.0 Å². The Hall–Kier alpha value is -1.95. The quantitative estimate of drug-likeness (QED) is 0.685. The number of carbonyl (C=O) groups excluding carboxylic acids is 1. The van der Waals surface area contributed by atoms with Crippen LogP contribution < -0.4 is 0 Å². The second-order valence-electron chi connectivity index (χ2n) is 7.28. The van der Waals surface area contributed by atoms with Crippen molar-refractivity contribution in [1.82, 2.24) is 4.90 Å². The number of nitrogens with zero attached hydrogens (tertiary/aromatic N) is 2. The first-order valence-corrected chi connectivity index (χ1v) is 7.87. The van der Waals surface area contributed by atoms with Gasteiger partial charge in [0, 0.05) is 36.2 Å². The first kappa shape index (κ1) is 17.4. The molecule has 2 unspecified atom stereocenters. The highest BCUT2D eigenvalue weighted by Gasteiger charge is 2.31. The van der Waals surface area contributed by atoms with Gasteiger partial charge >= 0.3 is 0 Å². The Balaban J connectivity index is 2.29. The highest BCUT2D eigenvalue weighted by Crippen LogP contribution is 2.32. The average molecular weight is 320 g/mol. The molecule has 1 aromatic carbocycles. The maximum absolute atomic E-state index is 12.6. The maximum atomic E-state index is 12.6. The number of hydrogen-bond donors (Lipinski definition) is 1. The van der Waals surface area contributed by atoms with Crippen LogP contribution in [0.4, 0.5) is 5.69 Å². The van der Waals surface area contributed by atoms with E-state index in [2.05, 4.69) is 0 Å². The van der Waals surface area contributed by atoms with E-state index in [0.717, 1.165) is 6.42 Å². The number of benzene rings is 1. The van der Waals surface area contributed by atoms with Crippen molar-refractivity contribution < 1.29 is 14.8 Å². The minimum absolute atomic E-state index is 0.0189. The molecule has 126 valence electrons. The van der Waals surface area contributed by atoms with E-state index >= 15 is 0 Å². The summed E-state index contributed by atoms with van der Waals surface area (Å²) < 4.78 is 0. The molecule has 1 heterocycles. The van der Waals surface area contributed by atoms with E-state index in [1.807, 2.05) is 20.8 Å². The Morgan fingerprint density at radius 3 is 2.57 bits per heavy atom. The van der Waals surface area contributed by atoms with Gasteiger partial charge in [-0.2, -0.15) is 0 Å². The van der Waals surface area contributed by atoms with Crippen LogP contribution in [0, 0.1) is 16.0 Å². The second-order valence-corrected chi connectivity index (χ2v) is 7.28. The highest BCUT2D eigenvalue weighted by atomic mass is 16.6. The topological polar surface area (TPSA) is 83.7 Å². The lowest BCUT2D eigenvalue weighted by atomic mass is 9.85. The molecule has 1 amide bonds. The molecule has 2 rings (SSSR count). The van der Waals surface area contributed by atoms with Crippen LogP contribution in [0.1, 0.15) is 50.0 Å². The lowest BCUT2D eigenvalue weighted by molar-refractivity contribution is -0.386. The van der Waals surface area contributed by atoms with E-state index in [0.29, 0.717) is 24.2 Å². The van der Waals surface area contributed by atoms with Gasteiger partial charge < -0.3 is 10.0 Å². The molecule has 0 spiro atoms. The number of aliphatic hydroxyl groups is 1. The predicted octanol–water partition coefficient (Wildman–Crippen LogP) is 2.74.